The van der Waals surface area contributed by atoms with Gasteiger partial charge in [0.05, 0.1) is 11.4 Å². The molecule has 0 saturated carbocycles. The number of pyridine rings is 1. The first kappa shape index (κ1) is 17.0. The van der Waals surface area contributed by atoms with Crippen LogP contribution in [0.1, 0.15) is 31.0 Å². The van der Waals surface area contributed by atoms with Crippen LogP contribution in [0.5, 0.6) is 0 Å². The number of H-pyrrole nitrogens is 1. The van der Waals surface area contributed by atoms with Crippen molar-refractivity contribution in [2.45, 2.75) is 25.3 Å². The van der Waals surface area contributed by atoms with Crippen LogP contribution >= 0.6 is 0 Å². The van der Waals surface area contributed by atoms with Crippen molar-refractivity contribution in [3.63, 3.8) is 0 Å². The smallest absolute Gasteiger partial charge is 0.251 e. The van der Waals surface area contributed by atoms with Crippen LogP contribution in [0.25, 0.3) is 11.0 Å². The van der Waals surface area contributed by atoms with E-state index >= 15 is 0 Å². The molecule has 0 radical (unpaired) electrons. The Morgan fingerprint density at radius 1 is 1.29 bits per heavy atom. The molecule has 144 valence electrons. The quantitative estimate of drug-likeness (QED) is 0.719. The number of nitrogens with one attached hydrogen (secondary N) is 2. The van der Waals surface area contributed by atoms with Crippen LogP contribution in [-0.4, -0.2) is 45.1 Å². The van der Waals surface area contributed by atoms with E-state index in [1.165, 1.54) is 6.92 Å². The summed E-state index contributed by atoms with van der Waals surface area (Å²) in [5.41, 5.74) is 1.88. The fraction of sp³-hybridized carbons (Fsp3) is 0.400. The summed E-state index contributed by atoms with van der Waals surface area (Å²) >= 11 is 0. The van der Waals surface area contributed by atoms with Crippen molar-refractivity contribution in [2.75, 3.05) is 24.5 Å². The van der Waals surface area contributed by atoms with Gasteiger partial charge in [-0.3, -0.25) is 9.59 Å². The number of aromatic nitrogens is 4. The predicted molar refractivity (Wildman–Crippen MR) is 105 cm³/mol. The van der Waals surface area contributed by atoms with E-state index in [9.17, 15) is 9.59 Å². The Morgan fingerprint density at radius 3 is 3.04 bits per heavy atom. The Labute approximate surface area is 161 Å². The van der Waals surface area contributed by atoms with E-state index in [0.717, 1.165) is 42.1 Å². The molecule has 5 rings (SSSR count). The van der Waals surface area contributed by atoms with Crippen molar-refractivity contribution in [3.05, 3.63) is 52.8 Å². The van der Waals surface area contributed by atoms with Crippen LogP contribution in [0.2, 0.25) is 0 Å². The number of rotatable bonds is 3. The lowest BCUT2D eigenvalue weighted by atomic mass is 9.78. The molecule has 3 aromatic heterocycles. The van der Waals surface area contributed by atoms with Crippen LogP contribution in [0.15, 0.2) is 41.6 Å². The Kier molecular flexibility index (Phi) is 3.92. The Balaban J connectivity index is 1.56. The maximum atomic E-state index is 12.7. The van der Waals surface area contributed by atoms with E-state index in [1.54, 1.807) is 12.4 Å². The van der Waals surface area contributed by atoms with Crippen molar-refractivity contribution < 1.29 is 4.79 Å². The van der Waals surface area contributed by atoms with E-state index < -0.39 is 0 Å². The molecule has 8 nitrogen and oxygen atoms in total. The van der Waals surface area contributed by atoms with Crippen LogP contribution in [0.3, 0.4) is 0 Å². The summed E-state index contributed by atoms with van der Waals surface area (Å²) in [6.45, 7) is 3.57. The monoisotopic (exact) mass is 378 g/mol. The van der Waals surface area contributed by atoms with Gasteiger partial charge >= 0.3 is 0 Å². The first-order valence-electron chi connectivity index (χ1n) is 9.60. The van der Waals surface area contributed by atoms with Gasteiger partial charge in [-0.15, -0.1) is 0 Å². The highest BCUT2D eigenvalue weighted by Crippen LogP contribution is 2.42. The molecule has 28 heavy (non-hydrogen) atoms. The van der Waals surface area contributed by atoms with E-state index in [1.807, 2.05) is 29.0 Å². The van der Waals surface area contributed by atoms with Crippen LogP contribution in [0, 0.1) is 5.92 Å². The van der Waals surface area contributed by atoms with Crippen molar-refractivity contribution in [1.29, 1.82) is 0 Å². The minimum absolute atomic E-state index is 0.00561. The zero-order valence-corrected chi connectivity index (χ0v) is 15.6. The fourth-order valence-electron chi connectivity index (χ4n) is 4.84. The normalized spacial score (nSPS) is 23.5. The highest BCUT2D eigenvalue weighted by molar-refractivity contribution is 5.87. The molecule has 3 atom stereocenters. The van der Waals surface area contributed by atoms with Gasteiger partial charge in [0.2, 0.25) is 5.91 Å². The van der Waals surface area contributed by atoms with E-state index in [4.69, 9.17) is 0 Å². The maximum absolute atomic E-state index is 12.7. The van der Waals surface area contributed by atoms with Crippen molar-refractivity contribution in [1.82, 2.24) is 24.8 Å². The highest BCUT2D eigenvalue weighted by atomic mass is 16.1. The van der Waals surface area contributed by atoms with E-state index in [0.29, 0.717) is 6.54 Å². The minimum Gasteiger partial charge on any atom is -0.355 e. The topological polar surface area (TPSA) is 95.9 Å². The second kappa shape index (κ2) is 6.47. The molecule has 0 unspecified atom stereocenters. The first-order chi connectivity index (χ1) is 13.6. The van der Waals surface area contributed by atoms with Gasteiger partial charge in [-0.05, 0) is 24.5 Å². The number of carbonyl (C=O) groups excluding carboxylic acids is 1. The molecular formula is C20H22N6O2. The summed E-state index contributed by atoms with van der Waals surface area (Å²) in [5, 5.41) is 3.92. The predicted octanol–water partition coefficient (Wildman–Crippen LogP) is 1.42. The number of hydrogen-bond acceptors (Lipinski definition) is 5. The molecule has 0 aliphatic carbocycles. The molecule has 2 aliphatic heterocycles. The number of fused-ring (bicyclic) bond motifs is 5. The molecule has 2 N–H and O–H groups in total. The molecule has 2 aliphatic rings. The Hall–Kier alpha value is -3.16. The number of hydrogen-bond donors (Lipinski definition) is 2. The average Bonchev–Trinajstić information content (AvgIpc) is 3.17. The Morgan fingerprint density at radius 2 is 2.18 bits per heavy atom. The van der Waals surface area contributed by atoms with Gasteiger partial charge in [-0.1, -0.05) is 6.07 Å². The summed E-state index contributed by atoms with van der Waals surface area (Å²) in [5.74, 6) is 1.35. The third-order valence-corrected chi connectivity index (χ3v) is 5.99. The van der Waals surface area contributed by atoms with Gasteiger partial charge < -0.3 is 19.8 Å². The summed E-state index contributed by atoms with van der Waals surface area (Å²) in [7, 11) is 0. The van der Waals surface area contributed by atoms with Gasteiger partial charge in [0.15, 0.2) is 0 Å². The van der Waals surface area contributed by atoms with Gasteiger partial charge in [-0.25, -0.2) is 9.97 Å². The van der Waals surface area contributed by atoms with Crippen molar-refractivity contribution >= 4 is 22.8 Å². The lowest BCUT2D eigenvalue weighted by molar-refractivity contribution is -0.119. The van der Waals surface area contributed by atoms with Gasteiger partial charge in [-0.2, -0.15) is 0 Å². The number of carbonyl (C=O) groups is 1. The molecule has 1 amide bonds. The molecule has 0 spiro atoms. The zero-order valence-electron chi connectivity index (χ0n) is 15.6. The fourth-order valence-corrected chi connectivity index (χ4v) is 4.84. The first-order valence-corrected chi connectivity index (χ1v) is 9.60. The van der Waals surface area contributed by atoms with Crippen LogP contribution in [0.4, 0.5) is 5.82 Å². The second-order valence-corrected chi connectivity index (χ2v) is 7.70. The van der Waals surface area contributed by atoms with Crippen LogP contribution in [-0.2, 0) is 4.79 Å². The molecule has 5 heterocycles. The maximum Gasteiger partial charge on any atom is 0.251 e. The number of amides is 1. The molecule has 0 aromatic carbocycles. The van der Waals surface area contributed by atoms with Crippen molar-refractivity contribution in [3.8, 4) is 0 Å². The third kappa shape index (κ3) is 2.67. The lowest BCUT2D eigenvalue weighted by Gasteiger charge is -2.47. The lowest BCUT2D eigenvalue weighted by Crippen LogP contribution is -2.52. The second-order valence-electron chi connectivity index (χ2n) is 7.70. The van der Waals surface area contributed by atoms with E-state index in [-0.39, 0.29) is 29.3 Å². The molecule has 3 aromatic rings. The number of nitrogens with zero attached hydrogens (tertiary/aromatic N) is 4. The zero-order chi connectivity index (χ0) is 19.3. The number of piperidine rings is 1. The summed E-state index contributed by atoms with van der Waals surface area (Å²) in [6.07, 6.45) is 4.47. The van der Waals surface area contributed by atoms with Gasteiger partial charge in [0.1, 0.15) is 17.8 Å². The molecule has 8 heteroatoms. The number of aromatic amines is 1. The standard InChI is InChI=1S/C20H22N6O2/c1-12(27)22-8-17-14-7-13(16-3-2-4-18(28)26(16)17)9-25(10-14)20-15-5-6-21-19(15)23-11-24-20/h2-6,11,13-14,17H,7-10H2,1H3,(H,22,27)(H,21,23,24)/t13-,14+,17+/m1/s1. The minimum atomic E-state index is -0.0786. The number of anilines is 1. The largest absolute Gasteiger partial charge is 0.355 e. The van der Waals surface area contributed by atoms with Gasteiger partial charge in [0.25, 0.3) is 5.56 Å². The summed E-state index contributed by atoms with van der Waals surface area (Å²) in [6, 6.07) is 7.42. The van der Waals surface area contributed by atoms with E-state index in [2.05, 4.69) is 25.2 Å². The third-order valence-electron chi connectivity index (χ3n) is 5.99. The molecular weight excluding hydrogens is 356 g/mol. The van der Waals surface area contributed by atoms with Crippen molar-refractivity contribution in [2.24, 2.45) is 5.92 Å². The Bertz CT molecular complexity index is 1100. The van der Waals surface area contributed by atoms with Crippen LogP contribution < -0.4 is 15.8 Å². The highest BCUT2D eigenvalue weighted by Gasteiger charge is 2.41. The van der Waals surface area contributed by atoms with Gasteiger partial charge in [0, 0.05) is 50.4 Å². The summed E-state index contributed by atoms with van der Waals surface area (Å²) in [4.78, 5) is 38.5. The molecule has 1 saturated heterocycles. The summed E-state index contributed by atoms with van der Waals surface area (Å²) < 4.78 is 1.90. The average molecular weight is 378 g/mol. The molecule has 2 bridgehead atoms. The SMILES string of the molecule is CC(=O)NC[C@H]1[C@H]2C[C@H](CN(c3ncnc4[nH]ccc34)C2)c2cccc(=O)n21. The molecule has 1 fully saturated rings.